The Kier molecular flexibility index (Phi) is 8.79. The third kappa shape index (κ3) is 6.68. The van der Waals surface area contributed by atoms with Gasteiger partial charge in [-0.2, -0.15) is 0 Å². The van der Waals surface area contributed by atoms with Crippen molar-refractivity contribution in [3.63, 3.8) is 0 Å². The number of benzene rings is 3. The van der Waals surface area contributed by atoms with Crippen molar-refractivity contribution in [3.05, 3.63) is 94.0 Å². The average molecular weight is 522 g/mol. The number of aromatic nitrogens is 2. The number of halogens is 1. The summed E-state index contributed by atoms with van der Waals surface area (Å²) in [6.07, 6.45) is 0.762. The number of para-hydroxylation sites is 1. The maximum Gasteiger partial charge on any atom is 0.262 e. The van der Waals surface area contributed by atoms with E-state index in [4.69, 9.17) is 9.47 Å². The number of carbonyl (C=O) groups is 1. The zero-order valence-electron chi connectivity index (χ0n) is 20.7. The zero-order chi connectivity index (χ0) is 26.2. The van der Waals surface area contributed by atoms with E-state index in [1.54, 1.807) is 49.1 Å². The normalized spacial score (nSPS) is 10.9. The number of amides is 1. The van der Waals surface area contributed by atoms with Crippen molar-refractivity contribution in [3.8, 4) is 11.5 Å². The van der Waals surface area contributed by atoms with Crippen molar-refractivity contribution >= 4 is 28.6 Å². The van der Waals surface area contributed by atoms with Gasteiger partial charge in [-0.3, -0.25) is 14.2 Å². The van der Waals surface area contributed by atoms with Crippen molar-refractivity contribution < 1.29 is 18.7 Å². The van der Waals surface area contributed by atoms with Gasteiger partial charge in [-0.15, -0.1) is 0 Å². The Balaban J connectivity index is 1.41. The second-order valence-corrected chi connectivity index (χ2v) is 9.27. The molecular formula is C28H28FN3O4S. The molecule has 192 valence electrons. The quantitative estimate of drug-likeness (QED) is 0.230. The fourth-order valence-corrected chi connectivity index (χ4v) is 4.85. The summed E-state index contributed by atoms with van der Waals surface area (Å²) in [5, 5.41) is 3.94. The van der Waals surface area contributed by atoms with Crippen LogP contribution in [0.4, 0.5) is 4.39 Å². The Hall–Kier alpha value is -3.85. The molecule has 0 saturated heterocycles. The summed E-state index contributed by atoms with van der Waals surface area (Å²) in [6, 6.07) is 19.0. The number of ether oxygens (including phenoxy) is 2. The molecule has 9 heteroatoms. The minimum atomic E-state index is -0.299. The number of rotatable bonds is 11. The molecule has 4 aromatic rings. The fourth-order valence-electron chi connectivity index (χ4n) is 3.87. The summed E-state index contributed by atoms with van der Waals surface area (Å²) in [6.45, 7) is 0.649. The lowest BCUT2D eigenvalue weighted by atomic mass is 10.1. The largest absolute Gasteiger partial charge is 0.493 e. The van der Waals surface area contributed by atoms with Crippen LogP contribution in [0.5, 0.6) is 11.5 Å². The van der Waals surface area contributed by atoms with E-state index in [1.165, 1.54) is 23.9 Å². The third-order valence-electron chi connectivity index (χ3n) is 5.85. The monoisotopic (exact) mass is 521 g/mol. The number of carbonyl (C=O) groups excluding carboxylic acids is 1. The van der Waals surface area contributed by atoms with E-state index in [0.717, 1.165) is 11.1 Å². The van der Waals surface area contributed by atoms with E-state index in [9.17, 15) is 14.0 Å². The molecule has 1 aromatic heterocycles. The van der Waals surface area contributed by atoms with Gasteiger partial charge in [0, 0.05) is 25.3 Å². The van der Waals surface area contributed by atoms with Crippen LogP contribution in [-0.2, 0) is 23.5 Å². The molecule has 3 aromatic carbocycles. The Morgan fingerprint density at radius 3 is 2.49 bits per heavy atom. The molecule has 1 amide bonds. The van der Waals surface area contributed by atoms with Crippen LogP contribution < -0.4 is 20.3 Å². The van der Waals surface area contributed by atoms with E-state index in [-0.39, 0.29) is 30.2 Å². The first-order valence-electron chi connectivity index (χ1n) is 11.8. The van der Waals surface area contributed by atoms with Gasteiger partial charge >= 0.3 is 0 Å². The lowest BCUT2D eigenvalue weighted by Crippen LogP contribution is -2.30. The summed E-state index contributed by atoms with van der Waals surface area (Å²) in [4.78, 5) is 30.5. The predicted molar refractivity (Wildman–Crippen MR) is 143 cm³/mol. The first-order valence-corrected chi connectivity index (χ1v) is 12.8. The SMILES string of the molecule is COc1ccc(CCNC(=O)CCn2c(SCc3ccc(F)cc3)nc3ccccc3c2=O)cc1OC. The number of thioether (sulfide) groups is 1. The van der Waals surface area contributed by atoms with Crippen LogP contribution in [0.25, 0.3) is 10.9 Å². The Labute approximate surface area is 218 Å². The second kappa shape index (κ2) is 12.4. The van der Waals surface area contributed by atoms with Crippen LogP contribution in [-0.4, -0.2) is 36.2 Å². The maximum absolute atomic E-state index is 13.3. The fraction of sp³-hybridized carbons (Fsp3) is 0.250. The van der Waals surface area contributed by atoms with Crippen LogP contribution in [0.3, 0.4) is 0 Å². The van der Waals surface area contributed by atoms with Gasteiger partial charge < -0.3 is 14.8 Å². The van der Waals surface area contributed by atoms with Crippen LogP contribution in [0.2, 0.25) is 0 Å². The molecule has 4 rings (SSSR count). The van der Waals surface area contributed by atoms with Gasteiger partial charge in [0.2, 0.25) is 5.91 Å². The molecule has 0 aliphatic rings. The van der Waals surface area contributed by atoms with E-state index in [2.05, 4.69) is 10.3 Å². The van der Waals surface area contributed by atoms with Crippen LogP contribution in [0.1, 0.15) is 17.5 Å². The number of hydrogen-bond donors (Lipinski definition) is 1. The molecule has 1 N–H and O–H groups in total. The molecule has 0 spiro atoms. The molecule has 0 bridgehead atoms. The Morgan fingerprint density at radius 1 is 1.00 bits per heavy atom. The summed E-state index contributed by atoms with van der Waals surface area (Å²) in [5.74, 6) is 1.35. The molecule has 0 unspecified atom stereocenters. The maximum atomic E-state index is 13.3. The lowest BCUT2D eigenvalue weighted by Gasteiger charge is -2.13. The molecule has 0 aliphatic heterocycles. The van der Waals surface area contributed by atoms with Crippen LogP contribution in [0.15, 0.2) is 76.7 Å². The van der Waals surface area contributed by atoms with Gasteiger partial charge in [-0.05, 0) is 53.9 Å². The number of hydrogen-bond acceptors (Lipinski definition) is 6. The van der Waals surface area contributed by atoms with Gasteiger partial charge in [0.1, 0.15) is 5.82 Å². The highest BCUT2D eigenvalue weighted by atomic mass is 32.2. The summed E-state index contributed by atoms with van der Waals surface area (Å²) in [5.41, 5.74) is 2.33. The van der Waals surface area contributed by atoms with Gasteiger partial charge in [-0.25, -0.2) is 9.37 Å². The highest BCUT2D eigenvalue weighted by Crippen LogP contribution is 2.27. The highest BCUT2D eigenvalue weighted by molar-refractivity contribution is 7.98. The van der Waals surface area contributed by atoms with Gasteiger partial charge in [0.15, 0.2) is 16.7 Å². The molecule has 1 heterocycles. The van der Waals surface area contributed by atoms with E-state index < -0.39 is 0 Å². The zero-order valence-corrected chi connectivity index (χ0v) is 21.5. The van der Waals surface area contributed by atoms with E-state index >= 15 is 0 Å². The topological polar surface area (TPSA) is 82.5 Å². The molecule has 37 heavy (non-hydrogen) atoms. The number of fused-ring (bicyclic) bond motifs is 1. The van der Waals surface area contributed by atoms with Crippen LogP contribution in [0, 0.1) is 5.82 Å². The Morgan fingerprint density at radius 2 is 1.73 bits per heavy atom. The lowest BCUT2D eigenvalue weighted by molar-refractivity contribution is -0.121. The summed E-state index contributed by atoms with van der Waals surface area (Å²) in [7, 11) is 3.17. The first kappa shape index (κ1) is 26.2. The molecule has 0 fully saturated rings. The van der Waals surface area contributed by atoms with E-state index in [0.29, 0.717) is 46.3 Å². The number of methoxy groups -OCH3 is 2. The van der Waals surface area contributed by atoms with Crippen molar-refractivity contribution in [2.75, 3.05) is 20.8 Å². The Bertz CT molecular complexity index is 1440. The smallest absolute Gasteiger partial charge is 0.262 e. The van der Waals surface area contributed by atoms with Crippen molar-refractivity contribution in [1.29, 1.82) is 0 Å². The molecule has 0 radical (unpaired) electrons. The van der Waals surface area contributed by atoms with Gasteiger partial charge in [0.25, 0.3) is 5.56 Å². The van der Waals surface area contributed by atoms with Crippen molar-refractivity contribution in [2.24, 2.45) is 0 Å². The summed E-state index contributed by atoms with van der Waals surface area (Å²) < 4.78 is 25.4. The summed E-state index contributed by atoms with van der Waals surface area (Å²) >= 11 is 1.38. The van der Waals surface area contributed by atoms with Gasteiger partial charge in [0.05, 0.1) is 25.1 Å². The van der Waals surface area contributed by atoms with Crippen molar-refractivity contribution in [2.45, 2.75) is 30.3 Å². The minimum Gasteiger partial charge on any atom is -0.493 e. The first-order chi connectivity index (χ1) is 18.0. The molecule has 0 saturated carbocycles. The minimum absolute atomic E-state index is 0.135. The number of nitrogens with zero attached hydrogens (tertiary/aromatic N) is 2. The third-order valence-corrected chi connectivity index (χ3v) is 6.90. The van der Waals surface area contributed by atoms with Crippen LogP contribution >= 0.6 is 11.8 Å². The molecular weight excluding hydrogens is 493 g/mol. The predicted octanol–water partition coefficient (Wildman–Crippen LogP) is 4.59. The second-order valence-electron chi connectivity index (χ2n) is 8.32. The van der Waals surface area contributed by atoms with E-state index in [1.807, 2.05) is 24.3 Å². The van der Waals surface area contributed by atoms with Crippen molar-refractivity contribution in [1.82, 2.24) is 14.9 Å². The molecule has 0 aliphatic carbocycles. The number of nitrogens with one attached hydrogen (secondary N) is 1. The molecule has 7 nitrogen and oxygen atoms in total. The standard InChI is InChI=1S/C28H28FN3O4S/c1-35-24-12-9-19(17-25(24)36-2)13-15-30-26(33)14-16-32-27(34)22-5-3-4-6-23(22)31-28(32)37-18-20-7-10-21(29)11-8-20/h3-12,17H,13-16,18H2,1-2H3,(H,30,33). The highest BCUT2D eigenvalue weighted by Gasteiger charge is 2.13. The van der Waals surface area contributed by atoms with Gasteiger partial charge in [-0.1, -0.05) is 42.1 Å². The average Bonchev–Trinajstić information content (AvgIpc) is 2.92. The molecule has 0 atom stereocenters.